The van der Waals surface area contributed by atoms with E-state index in [-0.39, 0.29) is 12.5 Å². The van der Waals surface area contributed by atoms with Crippen LogP contribution in [0.2, 0.25) is 0 Å². The van der Waals surface area contributed by atoms with Crippen LogP contribution in [-0.2, 0) is 14.3 Å². The highest BCUT2D eigenvalue weighted by molar-refractivity contribution is 5.94. The average Bonchev–Trinajstić information content (AvgIpc) is 3.05. The third-order valence-electron chi connectivity index (χ3n) is 3.44. The lowest BCUT2D eigenvalue weighted by atomic mass is 10.2. The van der Waals surface area contributed by atoms with E-state index in [0.717, 1.165) is 5.56 Å². The van der Waals surface area contributed by atoms with Crippen molar-refractivity contribution in [3.8, 4) is 11.5 Å². The average molecular weight is 374 g/mol. The summed E-state index contributed by atoms with van der Waals surface area (Å²) in [5.41, 5.74) is 1.56. The number of amides is 1. The Bertz CT molecular complexity index is 827. The molecule has 144 valence electrons. The molecule has 1 atom stereocenters. The highest BCUT2D eigenvalue weighted by atomic mass is 16.6. The van der Waals surface area contributed by atoms with E-state index in [4.69, 9.17) is 18.7 Å². The summed E-state index contributed by atoms with van der Waals surface area (Å²) in [6.07, 6.45) is 2.79. The molecule has 0 aliphatic carbocycles. The van der Waals surface area contributed by atoms with Gasteiger partial charge in [0.1, 0.15) is 0 Å². The molecular formula is C19H22N2O6. The monoisotopic (exact) mass is 374 g/mol. The highest BCUT2D eigenvalue weighted by Crippen LogP contribution is 2.28. The van der Waals surface area contributed by atoms with Crippen molar-refractivity contribution in [1.29, 1.82) is 0 Å². The molecule has 0 saturated carbocycles. The van der Waals surface area contributed by atoms with Crippen molar-refractivity contribution in [3.05, 3.63) is 41.6 Å². The number of aromatic nitrogens is 1. The van der Waals surface area contributed by atoms with Gasteiger partial charge >= 0.3 is 5.97 Å². The third kappa shape index (κ3) is 5.88. The van der Waals surface area contributed by atoms with Gasteiger partial charge in [-0.05, 0) is 38.5 Å². The number of ether oxygens (including phenoxy) is 3. The van der Waals surface area contributed by atoms with Gasteiger partial charge in [-0.15, -0.1) is 0 Å². The van der Waals surface area contributed by atoms with Gasteiger partial charge in [0.2, 0.25) is 5.88 Å². The standard InChI is InChI=1S/C19H22N2O6/c1-5-6-14-7-8-15(16(10-14)24-4)25-11-18(22)26-13(3)19(23)20-17-9-12(2)21-27-17/h5-10,13H,11H2,1-4H3,(H,20,23)/b6-5+. The van der Waals surface area contributed by atoms with E-state index in [1.54, 1.807) is 25.1 Å². The van der Waals surface area contributed by atoms with Gasteiger partial charge in [-0.25, -0.2) is 4.79 Å². The zero-order valence-corrected chi connectivity index (χ0v) is 15.6. The first-order valence-corrected chi connectivity index (χ1v) is 8.30. The number of rotatable bonds is 8. The molecule has 0 saturated heterocycles. The number of esters is 1. The number of anilines is 1. The lowest BCUT2D eigenvalue weighted by molar-refractivity contribution is -0.155. The summed E-state index contributed by atoms with van der Waals surface area (Å²) >= 11 is 0. The maximum atomic E-state index is 12.0. The van der Waals surface area contributed by atoms with Crippen LogP contribution in [0.25, 0.3) is 6.08 Å². The number of allylic oxidation sites excluding steroid dienone is 1. The molecule has 1 N–H and O–H groups in total. The summed E-state index contributed by atoms with van der Waals surface area (Å²) in [5, 5.41) is 6.12. The summed E-state index contributed by atoms with van der Waals surface area (Å²) in [6, 6.07) is 6.87. The smallest absolute Gasteiger partial charge is 0.344 e. The Morgan fingerprint density at radius 3 is 2.70 bits per heavy atom. The fourth-order valence-corrected chi connectivity index (χ4v) is 2.17. The molecule has 1 heterocycles. The fourth-order valence-electron chi connectivity index (χ4n) is 2.17. The van der Waals surface area contributed by atoms with Crippen molar-refractivity contribution in [2.24, 2.45) is 0 Å². The predicted molar refractivity (Wildman–Crippen MR) is 98.6 cm³/mol. The Balaban J connectivity index is 1.87. The first-order chi connectivity index (χ1) is 12.9. The molecule has 1 unspecified atom stereocenters. The number of nitrogens with zero attached hydrogens (tertiary/aromatic N) is 1. The Hall–Kier alpha value is -3.29. The molecule has 1 aromatic carbocycles. The van der Waals surface area contributed by atoms with Crippen LogP contribution in [0.4, 0.5) is 5.88 Å². The molecule has 2 aromatic rings. The highest BCUT2D eigenvalue weighted by Gasteiger charge is 2.20. The third-order valence-corrected chi connectivity index (χ3v) is 3.44. The SMILES string of the molecule is C/C=C/c1ccc(OCC(=O)OC(C)C(=O)Nc2cc(C)no2)c(OC)c1. The van der Waals surface area contributed by atoms with E-state index in [2.05, 4.69) is 10.5 Å². The van der Waals surface area contributed by atoms with Crippen LogP contribution in [0.15, 0.2) is 34.9 Å². The van der Waals surface area contributed by atoms with E-state index in [1.165, 1.54) is 14.0 Å². The fraction of sp³-hybridized carbons (Fsp3) is 0.316. The minimum absolute atomic E-state index is 0.183. The van der Waals surface area contributed by atoms with E-state index in [0.29, 0.717) is 17.2 Å². The van der Waals surface area contributed by atoms with E-state index in [1.807, 2.05) is 25.1 Å². The summed E-state index contributed by atoms with van der Waals surface area (Å²) < 4.78 is 20.6. The summed E-state index contributed by atoms with van der Waals surface area (Å²) in [6.45, 7) is 4.72. The Morgan fingerprint density at radius 2 is 2.07 bits per heavy atom. The van der Waals surface area contributed by atoms with Crippen LogP contribution >= 0.6 is 0 Å². The van der Waals surface area contributed by atoms with Crippen LogP contribution in [0.5, 0.6) is 11.5 Å². The van der Waals surface area contributed by atoms with Crippen molar-refractivity contribution in [1.82, 2.24) is 5.16 Å². The molecule has 0 radical (unpaired) electrons. The molecule has 0 aliphatic rings. The number of aryl methyl sites for hydroxylation is 1. The number of methoxy groups -OCH3 is 1. The molecule has 2 rings (SSSR count). The number of hydrogen-bond acceptors (Lipinski definition) is 7. The second-order valence-electron chi connectivity index (χ2n) is 5.65. The minimum Gasteiger partial charge on any atom is -0.493 e. The first kappa shape index (κ1) is 20.0. The van der Waals surface area contributed by atoms with Crippen molar-refractivity contribution in [2.45, 2.75) is 26.9 Å². The van der Waals surface area contributed by atoms with Crippen molar-refractivity contribution >= 4 is 23.8 Å². The lowest BCUT2D eigenvalue weighted by Gasteiger charge is -2.14. The molecule has 0 bridgehead atoms. The summed E-state index contributed by atoms with van der Waals surface area (Å²) in [5.74, 6) is -0.150. The topological polar surface area (TPSA) is 99.9 Å². The maximum Gasteiger partial charge on any atom is 0.344 e. The zero-order valence-electron chi connectivity index (χ0n) is 15.6. The normalized spacial score (nSPS) is 11.9. The van der Waals surface area contributed by atoms with Crippen LogP contribution < -0.4 is 14.8 Å². The molecule has 1 amide bonds. The van der Waals surface area contributed by atoms with Gasteiger partial charge in [-0.1, -0.05) is 23.4 Å². The molecule has 8 heteroatoms. The van der Waals surface area contributed by atoms with E-state index >= 15 is 0 Å². The quantitative estimate of drug-likeness (QED) is 0.709. The molecule has 0 fully saturated rings. The van der Waals surface area contributed by atoms with Crippen molar-refractivity contribution in [2.75, 3.05) is 19.0 Å². The van der Waals surface area contributed by atoms with Gasteiger partial charge in [0.25, 0.3) is 5.91 Å². The number of nitrogens with one attached hydrogen (secondary N) is 1. The minimum atomic E-state index is -1.02. The molecular weight excluding hydrogens is 352 g/mol. The summed E-state index contributed by atoms with van der Waals surface area (Å²) in [4.78, 5) is 23.9. The molecule has 0 aliphatic heterocycles. The van der Waals surface area contributed by atoms with Crippen molar-refractivity contribution in [3.63, 3.8) is 0 Å². The second kappa shape index (κ2) is 9.42. The van der Waals surface area contributed by atoms with Gasteiger partial charge in [0, 0.05) is 6.07 Å². The molecule has 27 heavy (non-hydrogen) atoms. The molecule has 0 spiro atoms. The Morgan fingerprint density at radius 1 is 1.30 bits per heavy atom. The first-order valence-electron chi connectivity index (χ1n) is 8.30. The lowest BCUT2D eigenvalue weighted by Crippen LogP contribution is -2.31. The van der Waals surface area contributed by atoms with Crippen LogP contribution in [-0.4, -0.2) is 36.9 Å². The largest absolute Gasteiger partial charge is 0.493 e. The number of hydrogen-bond donors (Lipinski definition) is 1. The number of carbonyl (C=O) groups excluding carboxylic acids is 2. The molecule has 1 aromatic heterocycles. The van der Waals surface area contributed by atoms with Gasteiger partial charge in [0.15, 0.2) is 24.2 Å². The molecule has 8 nitrogen and oxygen atoms in total. The summed E-state index contributed by atoms with van der Waals surface area (Å²) in [7, 11) is 1.51. The van der Waals surface area contributed by atoms with Gasteiger partial charge in [-0.3, -0.25) is 10.1 Å². The van der Waals surface area contributed by atoms with Gasteiger partial charge in [0.05, 0.1) is 12.8 Å². The number of benzene rings is 1. The van der Waals surface area contributed by atoms with Crippen LogP contribution in [0.3, 0.4) is 0 Å². The second-order valence-corrected chi connectivity index (χ2v) is 5.65. The van der Waals surface area contributed by atoms with Crippen LogP contribution in [0.1, 0.15) is 25.1 Å². The predicted octanol–water partition coefficient (Wildman–Crippen LogP) is 2.97. The van der Waals surface area contributed by atoms with Gasteiger partial charge < -0.3 is 18.7 Å². The van der Waals surface area contributed by atoms with Crippen LogP contribution in [0, 0.1) is 6.92 Å². The Kier molecular flexibility index (Phi) is 6.99. The van der Waals surface area contributed by atoms with Gasteiger partial charge in [-0.2, -0.15) is 0 Å². The zero-order chi connectivity index (χ0) is 19.8. The van der Waals surface area contributed by atoms with E-state index < -0.39 is 18.0 Å². The van der Waals surface area contributed by atoms with Crippen molar-refractivity contribution < 1.29 is 28.3 Å². The maximum absolute atomic E-state index is 12.0. The Labute approximate surface area is 157 Å². The number of carbonyl (C=O) groups is 2. The van der Waals surface area contributed by atoms with E-state index in [9.17, 15) is 9.59 Å².